The average molecular weight is 270 g/mol. The minimum Gasteiger partial charge on any atom is -0.315 e. The molecule has 0 aliphatic carbocycles. The van der Waals surface area contributed by atoms with E-state index < -0.39 is 6.17 Å². The largest absolute Gasteiger partial charge is 0.315 e. The third-order valence-electron chi connectivity index (χ3n) is 2.83. The van der Waals surface area contributed by atoms with Crippen LogP contribution in [0.4, 0.5) is 4.39 Å². The van der Waals surface area contributed by atoms with E-state index in [0.29, 0.717) is 6.54 Å². The quantitative estimate of drug-likeness (QED) is 0.521. The highest BCUT2D eigenvalue weighted by atomic mass is 127. The SMILES string of the molecule is FC1CN(I)CCC12CNC2. The third kappa shape index (κ3) is 1.29. The van der Waals surface area contributed by atoms with Gasteiger partial charge in [-0.1, -0.05) is 0 Å². The number of nitrogens with zero attached hydrogens (tertiary/aromatic N) is 1. The summed E-state index contributed by atoms with van der Waals surface area (Å²) in [4.78, 5) is 0. The molecule has 2 aliphatic heterocycles. The Kier molecular flexibility index (Phi) is 2.09. The number of nitrogens with one attached hydrogen (secondary N) is 1. The van der Waals surface area contributed by atoms with Crippen molar-refractivity contribution in [3.8, 4) is 0 Å². The maximum absolute atomic E-state index is 13.4. The molecule has 1 N–H and O–H groups in total. The summed E-state index contributed by atoms with van der Waals surface area (Å²) in [6, 6.07) is 0. The van der Waals surface area contributed by atoms with Gasteiger partial charge in [0.1, 0.15) is 6.17 Å². The zero-order valence-electron chi connectivity index (χ0n) is 6.32. The summed E-state index contributed by atoms with van der Waals surface area (Å²) in [6.07, 6.45) is 0.402. The molecule has 2 aliphatic rings. The molecule has 1 unspecified atom stereocenters. The van der Waals surface area contributed by atoms with Gasteiger partial charge in [0.25, 0.3) is 0 Å². The summed E-state index contributed by atoms with van der Waals surface area (Å²) in [6.45, 7) is 3.43. The molecule has 2 rings (SSSR count). The van der Waals surface area contributed by atoms with E-state index in [4.69, 9.17) is 0 Å². The van der Waals surface area contributed by atoms with Crippen LogP contribution in [-0.4, -0.2) is 35.5 Å². The van der Waals surface area contributed by atoms with Gasteiger partial charge in [-0.05, 0) is 6.42 Å². The summed E-state index contributed by atoms with van der Waals surface area (Å²) in [5.41, 5.74) is 0.0155. The standard InChI is InChI=1S/C7H12FIN2/c8-6-3-11(9)2-1-7(6)4-10-5-7/h6,10H,1-5H2. The van der Waals surface area contributed by atoms with E-state index in [-0.39, 0.29) is 5.41 Å². The number of hydrogen-bond acceptors (Lipinski definition) is 2. The van der Waals surface area contributed by atoms with Crippen LogP contribution in [-0.2, 0) is 0 Å². The van der Waals surface area contributed by atoms with Crippen molar-refractivity contribution in [1.29, 1.82) is 0 Å². The van der Waals surface area contributed by atoms with Gasteiger partial charge in [-0.2, -0.15) is 0 Å². The first-order valence-corrected chi connectivity index (χ1v) is 4.95. The van der Waals surface area contributed by atoms with Crippen LogP contribution in [0.2, 0.25) is 0 Å². The van der Waals surface area contributed by atoms with Crippen molar-refractivity contribution < 1.29 is 4.39 Å². The lowest BCUT2D eigenvalue weighted by Crippen LogP contribution is -2.63. The first-order valence-electron chi connectivity index (χ1n) is 3.98. The molecule has 0 aromatic rings. The summed E-state index contributed by atoms with van der Waals surface area (Å²) in [5.74, 6) is 0. The van der Waals surface area contributed by atoms with Crippen molar-refractivity contribution in [3.63, 3.8) is 0 Å². The fourth-order valence-corrected chi connectivity index (χ4v) is 2.39. The lowest BCUT2D eigenvalue weighted by atomic mass is 9.73. The maximum Gasteiger partial charge on any atom is 0.122 e. The lowest BCUT2D eigenvalue weighted by molar-refractivity contribution is 0.000243. The molecule has 0 aromatic carbocycles. The Bertz CT molecular complexity index is 161. The van der Waals surface area contributed by atoms with Crippen molar-refractivity contribution in [2.75, 3.05) is 26.2 Å². The Hall–Kier alpha value is 0.580. The zero-order valence-corrected chi connectivity index (χ0v) is 8.47. The molecule has 0 amide bonds. The van der Waals surface area contributed by atoms with Gasteiger partial charge in [0.05, 0.1) is 0 Å². The van der Waals surface area contributed by atoms with Gasteiger partial charge >= 0.3 is 0 Å². The van der Waals surface area contributed by atoms with Gasteiger partial charge in [-0.15, -0.1) is 0 Å². The van der Waals surface area contributed by atoms with Gasteiger partial charge in [0.2, 0.25) is 0 Å². The molecule has 0 bridgehead atoms. The average Bonchev–Trinajstić information content (AvgIpc) is 1.84. The van der Waals surface area contributed by atoms with Crippen molar-refractivity contribution in [1.82, 2.24) is 8.43 Å². The van der Waals surface area contributed by atoms with Crippen LogP contribution < -0.4 is 5.32 Å². The minimum atomic E-state index is -0.616. The highest BCUT2D eigenvalue weighted by Gasteiger charge is 2.47. The van der Waals surface area contributed by atoms with Crippen LogP contribution in [0.3, 0.4) is 0 Å². The van der Waals surface area contributed by atoms with Gasteiger partial charge in [-0.25, -0.2) is 7.50 Å². The Labute approximate surface area is 80.0 Å². The molecule has 0 aromatic heterocycles. The fraction of sp³-hybridized carbons (Fsp3) is 1.00. The number of alkyl halides is 1. The maximum atomic E-state index is 13.4. The number of piperidine rings is 1. The first kappa shape index (κ1) is 8.19. The number of hydrogen-bond donors (Lipinski definition) is 1. The molecule has 2 fully saturated rings. The molecule has 64 valence electrons. The van der Waals surface area contributed by atoms with Crippen LogP contribution in [0.1, 0.15) is 6.42 Å². The van der Waals surface area contributed by atoms with Crippen LogP contribution in [0.5, 0.6) is 0 Å². The molecule has 0 radical (unpaired) electrons. The Balaban J connectivity index is 2.01. The normalized spacial score (nSPS) is 37.1. The summed E-state index contributed by atoms with van der Waals surface area (Å²) >= 11 is 2.20. The second-order valence-corrected chi connectivity index (χ2v) is 4.92. The monoisotopic (exact) mass is 270 g/mol. The third-order valence-corrected chi connectivity index (χ3v) is 3.71. The van der Waals surface area contributed by atoms with E-state index >= 15 is 0 Å². The molecule has 4 heteroatoms. The molecular weight excluding hydrogens is 258 g/mol. The summed E-state index contributed by atoms with van der Waals surface area (Å²) < 4.78 is 15.5. The van der Waals surface area contributed by atoms with Crippen molar-refractivity contribution in [2.45, 2.75) is 12.6 Å². The van der Waals surface area contributed by atoms with Crippen molar-refractivity contribution in [2.24, 2.45) is 5.41 Å². The fourth-order valence-electron chi connectivity index (χ4n) is 1.80. The zero-order chi connectivity index (χ0) is 7.90. The molecule has 0 saturated carbocycles. The second kappa shape index (κ2) is 2.81. The Morgan fingerprint density at radius 2 is 2.27 bits per heavy atom. The van der Waals surface area contributed by atoms with E-state index in [2.05, 4.69) is 28.2 Å². The molecular formula is C7H12FIN2. The van der Waals surface area contributed by atoms with Gasteiger partial charge < -0.3 is 5.32 Å². The molecule has 1 atom stereocenters. The van der Waals surface area contributed by atoms with Crippen LogP contribution in [0.25, 0.3) is 0 Å². The first-order chi connectivity index (χ1) is 5.23. The minimum absolute atomic E-state index is 0.0155. The summed E-state index contributed by atoms with van der Waals surface area (Å²) in [7, 11) is 0. The molecule has 2 nitrogen and oxygen atoms in total. The summed E-state index contributed by atoms with van der Waals surface area (Å²) in [5, 5.41) is 3.16. The van der Waals surface area contributed by atoms with E-state index in [1.54, 1.807) is 0 Å². The highest BCUT2D eigenvalue weighted by Crippen LogP contribution is 2.37. The molecule has 2 saturated heterocycles. The van der Waals surface area contributed by atoms with Crippen LogP contribution in [0, 0.1) is 5.41 Å². The molecule has 1 spiro atoms. The molecule has 2 heterocycles. The van der Waals surface area contributed by atoms with Gasteiger partial charge in [0.15, 0.2) is 0 Å². The van der Waals surface area contributed by atoms with Crippen molar-refractivity contribution >= 4 is 22.9 Å². The highest BCUT2D eigenvalue weighted by molar-refractivity contribution is 14.1. The Morgan fingerprint density at radius 1 is 1.55 bits per heavy atom. The number of halogens is 2. The lowest BCUT2D eigenvalue weighted by Gasteiger charge is -2.49. The second-order valence-electron chi connectivity index (χ2n) is 3.55. The molecule has 11 heavy (non-hydrogen) atoms. The van der Waals surface area contributed by atoms with Crippen LogP contribution >= 0.6 is 22.9 Å². The van der Waals surface area contributed by atoms with E-state index in [1.165, 1.54) is 0 Å². The van der Waals surface area contributed by atoms with E-state index in [0.717, 1.165) is 26.1 Å². The van der Waals surface area contributed by atoms with Crippen LogP contribution in [0.15, 0.2) is 0 Å². The van der Waals surface area contributed by atoms with Gasteiger partial charge in [-0.3, -0.25) is 0 Å². The van der Waals surface area contributed by atoms with Gasteiger partial charge in [0, 0.05) is 54.5 Å². The van der Waals surface area contributed by atoms with Crippen molar-refractivity contribution in [3.05, 3.63) is 0 Å². The number of rotatable bonds is 0. The van der Waals surface area contributed by atoms with E-state index in [1.807, 2.05) is 3.11 Å². The Morgan fingerprint density at radius 3 is 2.73 bits per heavy atom. The predicted octanol–water partition coefficient (Wildman–Crippen LogP) is 0.970. The smallest absolute Gasteiger partial charge is 0.122 e. The topological polar surface area (TPSA) is 15.3 Å². The predicted molar refractivity (Wildman–Crippen MR) is 50.4 cm³/mol. The van der Waals surface area contributed by atoms with E-state index in [9.17, 15) is 4.39 Å².